The maximum Gasteiger partial charge on any atom is 0.137 e. The van der Waals surface area contributed by atoms with Gasteiger partial charge in [0, 0.05) is 34.6 Å². The summed E-state index contributed by atoms with van der Waals surface area (Å²) >= 11 is 0. The van der Waals surface area contributed by atoms with Crippen LogP contribution >= 0.6 is 0 Å². The molecule has 0 amide bonds. The van der Waals surface area contributed by atoms with E-state index >= 15 is 0 Å². The topological polar surface area (TPSA) is 62.5 Å². The quantitative estimate of drug-likeness (QED) is 0.557. The number of hydrogen-bond donors (Lipinski definition) is 2. The normalized spacial score (nSPS) is 15.5. The van der Waals surface area contributed by atoms with Crippen molar-refractivity contribution in [2.24, 2.45) is 0 Å². The van der Waals surface area contributed by atoms with E-state index in [1.807, 2.05) is 36.5 Å². The van der Waals surface area contributed by atoms with E-state index < -0.39 is 11.9 Å². The molecule has 2 aromatic heterocycles. The second-order valence-electron chi connectivity index (χ2n) is 6.00. The van der Waals surface area contributed by atoms with Gasteiger partial charge in [-0.25, -0.2) is 13.9 Å². The Kier molecular flexibility index (Phi) is 2.82. The lowest BCUT2D eigenvalue weighted by Gasteiger charge is -2.20. The van der Waals surface area contributed by atoms with Crippen LogP contribution in [0.2, 0.25) is 0 Å². The summed E-state index contributed by atoms with van der Waals surface area (Å²) in [4.78, 5) is 4.47. The van der Waals surface area contributed by atoms with Crippen molar-refractivity contribution in [1.82, 2.24) is 14.6 Å². The second kappa shape index (κ2) is 5.04. The number of aromatic nitrogens is 3. The van der Waals surface area contributed by atoms with Crippen molar-refractivity contribution in [3.05, 3.63) is 78.0 Å². The Bertz CT molecular complexity index is 1120. The number of nitrogens with zero attached hydrogens (tertiary/aromatic N) is 3. The third-order valence-corrected chi connectivity index (χ3v) is 4.57. The molecule has 0 aliphatic carbocycles. The largest absolute Gasteiger partial charge is 0.508 e. The zero-order valence-corrected chi connectivity index (χ0v) is 13.0. The standard InChI is InChI=1S/C19H13FN4O/c20-15-9-11(25)5-6-12(15)17-14-7-8-24-19(14)18(21-10-22-24)13-3-1-2-4-16(13)23-17/h1-10,17,23,25H. The first kappa shape index (κ1) is 14.0. The van der Waals surface area contributed by atoms with Crippen LogP contribution in [0.5, 0.6) is 5.75 Å². The van der Waals surface area contributed by atoms with E-state index in [1.54, 1.807) is 10.6 Å². The van der Waals surface area contributed by atoms with Crippen LogP contribution in [-0.2, 0) is 0 Å². The first-order valence-electron chi connectivity index (χ1n) is 7.89. The molecule has 2 N–H and O–H groups in total. The van der Waals surface area contributed by atoms with Crippen LogP contribution in [0.4, 0.5) is 10.1 Å². The average Bonchev–Trinajstić information content (AvgIpc) is 2.98. The van der Waals surface area contributed by atoms with Gasteiger partial charge in [0.05, 0.1) is 11.6 Å². The minimum atomic E-state index is -0.463. The molecule has 1 unspecified atom stereocenters. The number of nitrogens with one attached hydrogen (secondary N) is 1. The fraction of sp³-hybridized carbons (Fsp3) is 0.0526. The Morgan fingerprint density at radius 3 is 2.84 bits per heavy atom. The number of para-hydroxylation sites is 1. The van der Waals surface area contributed by atoms with E-state index in [1.165, 1.54) is 12.4 Å². The van der Waals surface area contributed by atoms with E-state index in [4.69, 9.17) is 0 Å². The van der Waals surface area contributed by atoms with Crippen molar-refractivity contribution in [2.75, 3.05) is 5.32 Å². The van der Waals surface area contributed by atoms with Crippen LogP contribution in [-0.4, -0.2) is 19.7 Å². The Balaban J connectivity index is 1.85. The number of anilines is 1. The van der Waals surface area contributed by atoms with Gasteiger partial charge in [-0.2, -0.15) is 5.10 Å². The predicted octanol–water partition coefficient (Wildman–Crippen LogP) is 3.76. The van der Waals surface area contributed by atoms with Crippen molar-refractivity contribution in [3.8, 4) is 17.0 Å². The van der Waals surface area contributed by atoms with Crippen molar-refractivity contribution in [1.29, 1.82) is 0 Å². The number of benzene rings is 2. The molecule has 0 saturated carbocycles. The van der Waals surface area contributed by atoms with Gasteiger partial charge in [-0.3, -0.25) is 0 Å². The molecule has 0 saturated heterocycles. The molecular formula is C19H13FN4O. The lowest BCUT2D eigenvalue weighted by Crippen LogP contribution is -2.13. The summed E-state index contributed by atoms with van der Waals surface area (Å²) in [5.74, 6) is -0.560. The summed E-state index contributed by atoms with van der Waals surface area (Å²) < 4.78 is 16.3. The molecule has 1 aliphatic rings. The maximum absolute atomic E-state index is 14.6. The van der Waals surface area contributed by atoms with Crippen LogP contribution in [0.25, 0.3) is 16.8 Å². The molecule has 4 aromatic rings. The Morgan fingerprint density at radius 1 is 1.08 bits per heavy atom. The first-order chi connectivity index (χ1) is 12.2. The zero-order valence-electron chi connectivity index (χ0n) is 13.0. The number of phenolic OH excluding ortho intramolecular Hbond substituents is 1. The highest BCUT2D eigenvalue weighted by atomic mass is 19.1. The molecule has 25 heavy (non-hydrogen) atoms. The van der Waals surface area contributed by atoms with E-state index in [0.717, 1.165) is 34.1 Å². The molecule has 0 spiro atoms. The smallest absolute Gasteiger partial charge is 0.137 e. The molecule has 5 nitrogen and oxygen atoms in total. The number of hydrogen-bond acceptors (Lipinski definition) is 4. The summed E-state index contributed by atoms with van der Waals surface area (Å²) in [5.41, 5.74) is 4.80. The van der Waals surface area contributed by atoms with Gasteiger partial charge in [0.2, 0.25) is 0 Å². The van der Waals surface area contributed by atoms with E-state index in [0.29, 0.717) is 5.56 Å². The molecule has 2 aromatic carbocycles. The first-order valence-corrected chi connectivity index (χ1v) is 7.89. The van der Waals surface area contributed by atoms with Crippen LogP contribution in [0.15, 0.2) is 61.1 Å². The van der Waals surface area contributed by atoms with E-state index in [-0.39, 0.29) is 5.75 Å². The van der Waals surface area contributed by atoms with Crippen LogP contribution < -0.4 is 5.32 Å². The van der Waals surface area contributed by atoms with Crippen molar-refractivity contribution >= 4 is 11.2 Å². The Labute approximate surface area is 142 Å². The Hall–Kier alpha value is -3.41. The van der Waals surface area contributed by atoms with Gasteiger partial charge in [-0.15, -0.1) is 0 Å². The summed E-state index contributed by atoms with van der Waals surface area (Å²) in [5, 5.41) is 17.2. The average molecular weight is 332 g/mol. The van der Waals surface area contributed by atoms with E-state index in [2.05, 4.69) is 15.4 Å². The fourth-order valence-electron chi connectivity index (χ4n) is 3.45. The molecule has 5 rings (SSSR count). The molecule has 0 bridgehead atoms. The van der Waals surface area contributed by atoms with Gasteiger partial charge in [-0.05, 0) is 18.2 Å². The van der Waals surface area contributed by atoms with Gasteiger partial charge in [0.15, 0.2) is 0 Å². The van der Waals surface area contributed by atoms with Gasteiger partial charge < -0.3 is 10.4 Å². The molecule has 0 radical (unpaired) electrons. The van der Waals surface area contributed by atoms with Crippen molar-refractivity contribution in [2.45, 2.75) is 6.04 Å². The monoisotopic (exact) mass is 332 g/mol. The summed E-state index contributed by atoms with van der Waals surface area (Å²) in [6, 6.07) is 13.5. The van der Waals surface area contributed by atoms with Crippen molar-refractivity contribution in [3.63, 3.8) is 0 Å². The Morgan fingerprint density at radius 2 is 1.96 bits per heavy atom. The highest BCUT2D eigenvalue weighted by Gasteiger charge is 2.28. The highest BCUT2D eigenvalue weighted by molar-refractivity contribution is 5.89. The second-order valence-corrected chi connectivity index (χ2v) is 6.00. The minimum Gasteiger partial charge on any atom is -0.508 e. The molecule has 0 fully saturated rings. The zero-order chi connectivity index (χ0) is 17.0. The third kappa shape index (κ3) is 2.00. The van der Waals surface area contributed by atoms with Crippen LogP contribution in [0, 0.1) is 5.82 Å². The van der Waals surface area contributed by atoms with Gasteiger partial charge in [0.25, 0.3) is 0 Å². The summed E-state index contributed by atoms with van der Waals surface area (Å²) in [6.07, 6.45) is 3.36. The number of aromatic hydroxyl groups is 1. The molecule has 122 valence electrons. The van der Waals surface area contributed by atoms with Gasteiger partial charge in [-0.1, -0.05) is 24.3 Å². The lowest BCUT2D eigenvalue weighted by molar-refractivity contribution is 0.467. The molecule has 1 aliphatic heterocycles. The third-order valence-electron chi connectivity index (χ3n) is 4.57. The highest BCUT2D eigenvalue weighted by Crippen LogP contribution is 2.41. The summed E-state index contributed by atoms with van der Waals surface area (Å²) in [6.45, 7) is 0. The minimum absolute atomic E-state index is 0.0963. The van der Waals surface area contributed by atoms with Crippen LogP contribution in [0.3, 0.4) is 0 Å². The number of phenols is 1. The predicted molar refractivity (Wildman–Crippen MR) is 92.0 cm³/mol. The molecule has 6 heteroatoms. The van der Waals surface area contributed by atoms with Gasteiger partial charge in [0.1, 0.15) is 23.6 Å². The van der Waals surface area contributed by atoms with E-state index in [9.17, 15) is 9.50 Å². The fourth-order valence-corrected chi connectivity index (χ4v) is 3.45. The van der Waals surface area contributed by atoms with Crippen molar-refractivity contribution < 1.29 is 9.50 Å². The maximum atomic E-state index is 14.6. The molecular weight excluding hydrogens is 319 g/mol. The lowest BCUT2D eigenvalue weighted by atomic mass is 9.99. The number of fused-ring (bicyclic) bond motifs is 2. The number of rotatable bonds is 1. The molecule has 1 atom stereocenters. The summed E-state index contributed by atoms with van der Waals surface area (Å²) in [7, 11) is 0. The SMILES string of the molecule is Oc1ccc(C2Nc3ccccc3-c3ncnn4ccc2c34)c(F)c1. The molecule has 3 heterocycles. The van der Waals surface area contributed by atoms with Crippen LogP contribution in [0.1, 0.15) is 17.2 Å². The van der Waals surface area contributed by atoms with Gasteiger partial charge >= 0.3 is 0 Å². The number of halogens is 1.